The Balaban J connectivity index is 2.59. The molecule has 1 rings (SSSR count). The second-order valence-corrected chi connectivity index (χ2v) is 4.77. The van der Waals surface area contributed by atoms with Crippen molar-refractivity contribution in [2.45, 2.75) is 45.7 Å². The average Bonchev–Trinajstić information content (AvgIpc) is 2.63. The lowest BCUT2D eigenvalue weighted by atomic mass is 10.1. The molecule has 0 saturated carbocycles. The van der Waals surface area contributed by atoms with Gasteiger partial charge in [-0.05, 0) is 37.3 Å². The summed E-state index contributed by atoms with van der Waals surface area (Å²) in [5.41, 5.74) is 1.34. The Hall–Kier alpha value is -0.850. The van der Waals surface area contributed by atoms with E-state index >= 15 is 0 Å². The number of nitrogens with zero attached hydrogens (tertiary/aromatic N) is 1. The predicted molar refractivity (Wildman–Crippen MR) is 64.9 cm³/mol. The molecule has 0 radical (unpaired) electrons. The molecule has 0 saturated heterocycles. The monoisotopic (exact) mass is 222 g/mol. The molecule has 2 atom stereocenters. The molecule has 0 spiro atoms. The van der Waals surface area contributed by atoms with Crippen molar-refractivity contribution in [2.24, 2.45) is 0 Å². The number of hydrogen-bond donors (Lipinski definition) is 1. The summed E-state index contributed by atoms with van der Waals surface area (Å²) in [7, 11) is 0. The van der Waals surface area contributed by atoms with Crippen molar-refractivity contribution in [3.8, 4) is 6.07 Å². The molecular weight excluding hydrogens is 204 g/mol. The molecule has 0 aliphatic heterocycles. The largest absolute Gasteiger partial charge is 0.306 e. The maximum absolute atomic E-state index is 8.68. The quantitative estimate of drug-likeness (QED) is 0.828. The van der Waals surface area contributed by atoms with Gasteiger partial charge in [0.15, 0.2) is 0 Å². The molecule has 15 heavy (non-hydrogen) atoms. The van der Waals surface area contributed by atoms with Gasteiger partial charge in [-0.3, -0.25) is 0 Å². The second-order valence-electron chi connectivity index (χ2n) is 3.82. The topological polar surface area (TPSA) is 35.8 Å². The summed E-state index contributed by atoms with van der Waals surface area (Å²) in [5, 5.41) is 14.3. The maximum Gasteiger partial charge on any atom is 0.0638 e. The number of nitriles is 1. The average molecular weight is 222 g/mol. The van der Waals surface area contributed by atoms with Crippen molar-refractivity contribution < 1.29 is 0 Å². The minimum absolute atomic E-state index is 0.312. The van der Waals surface area contributed by atoms with Gasteiger partial charge in [-0.2, -0.15) is 5.26 Å². The van der Waals surface area contributed by atoms with Crippen LogP contribution in [0, 0.1) is 18.3 Å². The minimum Gasteiger partial charge on any atom is -0.306 e. The van der Waals surface area contributed by atoms with E-state index in [4.69, 9.17) is 5.26 Å². The van der Waals surface area contributed by atoms with Crippen molar-refractivity contribution in [2.75, 3.05) is 0 Å². The third-order valence-corrected chi connectivity index (χ3v) is 3.81. The summed E-state index contributed by atoms with van der Waals surface area (Å²) in [6, 6.07) is 5.03. The van der Waals surface area contributed by atoms with Crippen LogP contribution in [0.25, 0.3) is 0 Å². The van der Waals surface area contributed by atoms with Gasteiger partial charge in [0.25, 0.3) is 0 Å². The van der Waals surface area contributed by atoms with Crippen molar-refractivity contribution in [3.05, 3.63) is 21.9 Å². The Morgan fingerprint density at radius 1 is 1.60 bits per heavy atom. The Morgan fingerprint density at radius 2 is 2.33 bits per heavy atom. The highest BCUT2D eigenvalue weighted by atomic mass is 32.1. The zero-order valence-corrected chi connectivity index (χ0v) is 10.4. The van der Waals surface area contributed by atoms with Gasteiger partial charge in [0, 0.05) is 17.0 Å². The van der Waals surface area contributed by atoms with Crippen molar-refractivity contribution in [3.63, 3.8) is 0 Å². The summed E-state index contributed by atoms with van der Waals surface area (Å²) in [4.78, 5) is 1.38. The summed E-state index contributed by atoms with van der Waals surface area (Å²) in [6.07, 6.45) is 1.59. The predicted octanol–water partition coefficient (Wildman–Crippen LogP) is 3.40. The molecule has 0 aromatic carbocycles. The lowest BCUT2D eigenvalue weighted by Gasteiger charge is -2.20. The maximum atomic E-state index is 8.68. The van der Waals surface area contributed by atoms with Crippen molar-refractivity contribution in [1.82, 2.24) is 5.32 Å². The zero-order chi connectivity index (χ0) is 11.3. The highest BCUT2D eigenvalue weighted by molar-refractivity contribution is 7.10. The van der Waals surface area contributed by atoms with Gasteiger partial charge >= 0.3 is 0 Å². The molecule has 1 N–H and O–H groups in total. The van der Waals surface area contributed by atoms with E-state index in [0.717, 1.165) is 6.42 Å². The van der Waals surface area contributed by atoms with Crippen LogP contribution < -0.4 is 5.32 Å². The molecule has 1 heterocycles. The van der Waals surface area contributed by atoms with Crippen LogP contribution in [-0.2, 0) is 0 Å². The van der Waals surface area contributed by atoms with Crippen LogP contribution in [0.15, 0.2) is 11.4 Å². The summed E-state index contributed by atoms with van der Waals surface area (Å²) < 4.78 is 0. The Kier molecular flexibility index (Phi) is 4.80. The SMILES string of the molecule is CCC(CC#N)NC(C)c1sccc1C. The first-order valence-electron chi connectivity index (χ1n) is 5.36. The molecule has 0 amide bonds. The first-order chi connectivity index (χ1) is 7.19. The summed E-state index contributed by atoms with van der Waals surface area (Å²) >= 11 is 1.78. The van der Waals surface area contributed by atoms with Crippen molar-refractivity contribution in [1.29, 1.82) is 5.26 Å². The van der Waals surface area contributed by atoms with Gasteiger partial charge in [0.2, 0.25) is 0 Å². The van der Waals surface area contributed by atoms with Crippen LogP contribution in [0.2, 0.25) is 0 Å². The van der Waals surface area contributed by atoms with Gasteiger partial charge in [-0.1, -0.05) is 6.92 Å². The lowest BCUT2D eigenvalue weighted by molar-refractivity contribution is 0.451. The summed E-state index contributed by atoms with van der Waals surface area (Å²) in [6.45, 7) is 6.41. The fraction of sp³-hybridized carbons (Fsp3) is 0.583. The van der Waals surface area contributed by atoms with Crippen LogP contribution in [0.1, 0.15) is 43.2 Å². The van der Waals surface area contributed by atoms with Crippen LogP contribution in [0.4, 0.5) is 0 Å². The second kappa shape index (κ2) is 5.89. The van der Waals surface area contributed by atoms with E-state index in [1.54, 1.807) is 11.3 Å². The molecule has 0 fully saturated rings. The molecule has 1 aromatic rings. The smallest absolute Gasteiger partial charge is 0.0638 e. The van der Waals surface area contributed by atoms with Crippen LogP contribution in [0.5, 0.6) is 0 Å². The van der Waals surface area contributed by atoms with Crippen LogP contribution >= 0.6 is 11.3 Å². The van der Waals surface area contributed by atoms with E-state index in [-0.39, 0.29) is 0 Å². The fourth-order valence-corrected chi connectivity index (χ4v) is 2.63. The first kappa shape index (κ1) is 12.2. The number of aryl methyl sites for hydroxylation is 1. The highest BCUT2D eigenvalue weighted by Crippen LogP contribution is 2.24. The standard InChI is InChI=1S/C12H18N2S/c1-4-11(5-7-13)14-10(3)12-9(2)6-8-15-12/h6,8,10-11,14H,4-5H2,1-3H3. The number of hydrogen-bond acceptors (Lipinski definition) is 3. The molecule has 82 valence electrons. The molecule has 2 nitrogen and oxygen atoms in total. The Labute approximate surface area is 95.9 Å². The molecular formula is C12H18N2S. The molecule has 2 unspecified atom stereocenters. The van der Waals surface area contributed by atoms with E-state index in [9.17, 15) is 0 Å². The van der Waals surface area contributed by atoms with Gasteiger partial charge in [-0.15, -0.1) is 11.3 Å². The zero-order valence-electron chi connectivity index (χ0n) is 9.58. The Bertz CT molecular complexity index is 338. The highest BCUT2D eigenvalue weighted by Gasteiger charge is 2.13. The number of nitrogens with one attached hydrogen (secondary N) is 1. The number of thiophene rings is 1. The fourth-order valence-electron chi connectivity index (χ4n) is 1.69. The van der Waals surface area contributed by atoms with Gasteiger partial charge in [0.1, 0.15) is 0 Å². The van der Waals surface area contributed by atoms with E-state index in [0.29, 0.717) is 18.5 Å². The normalized spacial score (nSPS) is 14.5. The van der Waals surface area contributed by atoms with E-state index in [2.05, 4.69) is 43.6 Å². The minimum atomic E-state index is 0.312. The van der Waals surface area contributed by atoms with Gasteiger partial charge in [0.05, 0.1) is 12.5 Å². The lowest BCUT2D eigenvalue weighted by Crippen LogP contribution is -2.30. The molecule has 3 heteroatoms. The van der Waals surface area contributed by atoms with E-state index in [1.165, 1.54) is 10.4 Å². The van der Waals surface area contributed by atoms with Gasteiger partial charge < -0.3 is 5.32 Å². The van der Waals surface area contributed by atoms with Crippen LogP contribution in [-0.4, -0.2) is 6.04 Å². The Morgan fingerprint density at radius 3 is 2.80 bits per heavy atom. The first-order valence-corrected chi connectivity index (χ1v) is 6.24. The molecule has 0 aliphatic rings. The molecule has 1 aromatic heterocycles. The summed E-state index contributed by atoms with van der Waals surface area (Å²) in [5.74, 6) is 0. The number of rotatable bonds is 5. The molecule has 0 bridgehead atoms. The van der Waals surface area contributed by atoms with E-state index in [1.807, 2.05) is 0 Å². The van der Waals surface area contributed by atoms with Crippen LogP contribution in [0.3, 0.4) is 0 Å². The van der Waals surface area contributed by atoms with E-state index < -0.39 is 0 Å². The van der Waals surface area contributed by atoms with Crippen molar-refractivity contribution >= 4 is 11.3 Å². The molecule has 0 aliphatic carbocycles. The van der Waals surface area contributed by atoms with Gasteiger partial charge in [-0.25, -0.2) is 0 Å². The third-order valence-electron chi connectivity index (χ3n) is 2.61. The third kappa shape index (κ3) is 3.33.